The van der Waals surface area contributed by atoms with E-state index in [1.807, 2.05) is 18.2 Å². The summed E-state index contributed by atoms with van der Waals surface area (Å²) in [5.41, 5.74) is 0.906. The molecule has 1 amide bonds. The number of nitrogens with one attached hydrogen (secondary N) is 1. The summed E-state index contributed by atoms with van der Waals surface area (Å²) in [6, 6.07) is 12.3. The number of halogens is 2. The van der Waals surface area contributed by atoms with Gasteiger partial charge < -0.3 is 9.88 Å². The lowest BCUT2D eigenvalue weighted by Crippen LogP contribution is -2.24. The zero-order valence-electron chi connectivity index (χ0n) is 12.1. The first kappa shape index (κ1) is 15.4. The van der Waals surface area contributed by atoms with Gasteiger partial charge in [-0.3, -0.25) is 9.59 Å². The van der Waals surface area contributed by atoms with E-state index in [2.05, 4.69) is 21.2 Å². The van der Waals surface area contributed by atoms with E-state index in [0.29, 0.717) is 0 Å². The van der Waals surface area contributed by atoms with E-state index in [9.17, 15) is 14.0 Å². The Morgan fingerprint density at radius 1 is 1.13 bits per heavy atom. The summed E-state index contributed by atoms with van der Waals surface area (Å²) in [6.45, 7) is 0. The van der Waals surface area contributed by atoms with Gasteiger partial charge in [0.05, 0.1) is 5.52 Å². The number of carbonyl (C=O) groups excluding carboxylic acids is 1. The first-order valence-electron chi connectivity index (χ1n) is 6.82. The molecular weight excluding hydrogens is 363 g/mol. The molecule has 4 nitrogen and oxygen atoms in total. The van der Waals surface area contributed by atoms with Crippen LogP contribution in [0.2, 0.25) is 0 Å². The Hall–Kier alpha value is -2.47. The van der Waals surface area contributed by atoms with Crippen LogP contribution in [0.15, 0.2) is 57.8 Å². The fourth-order valence-electron chi connectivity index (χ4n) is 2.34. The first-order valence-corrected chi connectivity index (χ1v) is 7.61. The molecule has 1 N–H and O–H groups in total. The van der Waals surface area contributed by atoms with Crippen molar-refractivity contribution in [1.29, 1.82) is 0 Å². The van der Waals surface area contributed by atoms with E-state index in [1.165, 1.54) is 28.8 Å². The van der Waals surface area contributed by atoms with Gasteiger partial charge in [0.15, 0.2) is 0 Å². The number of nitrogens with zero attached hydrogens (tertiary/aromatic N) is 1. The van der Waals surface area contributed by atoms with Crippen LogP contribution in [-0.2, 0) is 7.05 Å². The molecule has 0 aliphatic heterocycles. The van der Waals surface area contributed by atoms with E-state index in [4.69, 9.17) is 0 Å². The fourth-order valence-corrected chi connectivity index (χ4v) is 2.72. The van der Waals surface area contributed by atoms with Crippen molar-refractivity contribution >= 4 is 38.4 Å². The highest BCUT2D eigenvalue weighted by atomic mass is 79.9. The van der Waals surface area contributed by atoms with Crippen molar-refractivity contribution in [2.75, 3.05) is 5.32 Å². The van der Waals surface area contributed by atoms with Crippen LogP contribution in [0, 0.1) is 5.82 Å². The van der Waals surface area contributed by atoms with Crippen molar-refractivity contribution in [3.63, 3.8) is 0 Å². The van der Waals surface area contributed by atoms with Gasteiger partial charge in [-0.15, -0.1) is 0 Å². The lowest BCUT2D eigenvalue weighted by atomic mass is 10.2. The largest absolute Gasteiger partial charge is 0.317 e. The quantitative estimate of drug-likeness (QED) is 0.743. The zero-order chi connectivity index (χ0) is 16.6. The van der Waals surface area contributed by atoms with Gasteiger partial charge in [-0.05, 0) is 48.5 Å². The molecule has 3 aromatic rings. The Labute approximate surface area is 139 Å². The van der Waals surface area contributed by atoms with Gasteiger partial charge in [0.25, 0.3) is 11.5 Å². The lowest BCUT2D eigenvalue weighted by molar-refractivity contribution is 0.102. The van der Waals surface area contributed by atoms with Gasteiger partial charge in [-0.2, -0.15) is 0 Å². The van der Waals surface area contributed by atoms with E-state index < -0.39 is 11.7 Å². The predicted octanol–water partition coefficient (Wildman–Crippen LogP) is 3.69. The minimum absolute atomic E-state index is 0.174. The molecular formula is C17H12BrFN2O2. The lowest BCUT2D eigenvalue weighted by Gasteiger charge is -2.10. The number of benzene rings is 2. The van der Waals surface area contributed by atoms with Crippen molar-refractivity contribution in [2.24, 2.45) is 7.05 Å². The molecule has 0 unspecified atom stereocenters. The van der Waals surface area contributed by atoms with Gasteiger partial charge in [0.1, 0.15) is 11.5 Å². The SMILES string of the molecule is Cn1c(=O)c(NC(=O)c2ccc(F)cc2)cc2cc(Br)ccc21. The van der Waals surface area contributed by atoms with E-state index in [-0.39, 0.29) is 16.8 Å². The van der Waals surface area contributed by atoms with Crippen molar-refractivity contribution in [2.45, 2.75) is 0 Å². The number of rotatable bonds is 2. The minimum Gasteiger partial charge on any atom is -0.317 e. The summed E-state index contributed by atoms with van der Waals surface area (Å²) in [6.07, 6.45) is 0. The zero-order valence-corrected chi connectivity index (χ0v) is 13.7. The van der Waals surface area contributed by atoms with Crippen molar-refractivity contribution in [1.82, 2.24) is 4.57 Å². The van der Waals surface area contributed by atoms with Gasteiger partial charge in [0.2, 0.25) is 0 Å². The standard InChI is InChI=1S/C17H12BrFN2O2/c1-21-15-7-4-12(18)8-11(15)9-14(17(21)23)20-16(22)10-2-5-13(19)6-3-10/h2-9H,1H3,(H,20,22). The minimum atomic E-state index is -0.462. The maximum atomic E-state index is 12.9. The Kier molecular flexibility index (Phi) is 4.00. The molecule has 0 saturated carbocycles. The number of pyridine rings is 1. The molecule has 0 saturated heterocycles. The monoisotopic (exact) mass is 374 g/mol. The summed E-state index contributed by atoms with van der Waals surface area (Å²) in [7, 11) is 1.64. The van der Waals surface area contributed by atoms with Crippen molar-refractivity contribution in [3.8, 4) is 0 Å². The van der Waals surface area contributed by atoms with Crippen LogP contribution in [0.1, 0.15) is 10.4 Å². The normalized spacial score (nSPS) is 10.7. The number of hydrogen-bond donors (Lipinski definition) is 1. The third kappa shape index (κ3) is 3.03. The first-order chi connectivity index (χ1) is 11.0. The summed E-state index contributed by atoms with van der Waals surface area (Å²) in [5.74, 6) is -0.885. The van der Waals surface area contributed by atoms with E-state index in [0.717, 1.165) is 15.4 Å². The van der Waals surface area contributed by atoms with Gasteiger partial charge in [-0.1, -0.05) is 15.9 Å². The second-order valence-electron chi connectivity index (χ2n) is 5.09. The molecule has 0 aliphatic rings. The molecule has 23 heavy (non-hydrogen) atoms. The van der Waals surface area contributed by atoms with Crippen LogP contribution in [0.25, 0.3) is 10.9 Å². The summed E-state index contributed by atoms with van der Waals surface area (Å²) in [5, 5.41) is 3.40. The van der Waals surface area contributed by atoms with Gasteiger partial charge >= 0.3 is 0 Å². The molecule has 0 spiro atoms. The molecule has 1 aromatic heterocycles. The van der Waals surface area contributed by atoms with Crippen LogP contribution >= 0.6 is 15.9 Å². The van der Waals surface area contributed by atoms with Crippen molar-refractivity contribution < 1.29 is 9.18 Å². The average Bonchev–Trinajstić information content (AvgIpc) is 2.52. The smallest absolute Gasteiger partial charge is 0.274 e. The van der Waals surface area contributed by atoms with Crippen LogP contribution < -0.4 is 10.9 Å². The molecule has 0 radical (unpaired) electrons. The van der Waals surface area contributed by atoms with E-state index in [1.54, 1.807) is 13.1 Å². The molecule has 116 valence electrons. The molecule has 0 aliphatic carbocycles. The molecule has 0 fully saturated rings. The second kappa shape index (κ2) is 5.96. The third-order valence-electron chi connectivity index (χ3n) is 3.54. The summed E-state index contributed by atoms with van der Waals surface area (Å²) >= 11 is 3.38. The van der Waals surface area contributed by atoms with Crippen LogP contribution in [0.5, 0.6) is 0 Å². The topological polar surface area (TPSA) is 51.1 Å². The van der Waals surface area contributed by atoms with Gasteiger partial charge in [0, 0.05) is 22.5 Å². The Morgan fingerprint density at radius 3 is 2.52 bits per heavy atom. The molecule has 0 bridgehead atoms. The Bertz CT molecular complexity index is 965. The molecule has 3 rings (SSSR count). The number of carbonyl (C=O) groups is 1. The second-order valence-corrected chi connectivity index (χ2v) is 6.00. The van der Waals surface area contributed by atoms with Gasteiger partial charge in [-0.25, -0.2) is 4.39 Å². The Morgan fingerprint density at radius 2 is 1.83 bits per heavy atom. The highest BCUT2D eigenvalue weighted by Crippen LogP contribution is 2.20. The highest BCUT2D eigenvalue weighted by molar-refractivity contribution is 9.10. The van der Waals surface area contributed by atoms with Crippen LogP contribution in [0.3, 0.4) is 0 Å². The number of aryl methyl sites for hydroxylation is 1. The number of amides is 1. The summed E-state index contributed by atoms with van der Waals surface area (Å²) < 4.78 is 15.3. The third-order valence-corrected chi connectivity index (χ3v) is 4.03. The maximum absolute atomic E-state index is 12.9. The van der Waals surface area contributed by atoms with E-state index >= 15 is 0 Å². The predicted molar refractivity (Wildman–Crippen MR) is 91.2 cm³/mol. The number of aromatic nitrogens is 1. The van der Waals surface area contributed by atoms with Crippen LogP contribution in [0.4, 0.5) is 10.1 Å². The number of hydrogen-bond acceptors (Lipinski definition) is 2. The molecule has 0 atom stereocenters. The number of fused-ring (bicyclic) bond motifs is 1. The molecule has 2 aromatic carbocycles. The Balaban J connectivity index is 2.02. The maximum Gasteiger partial charge on any atom is 0.274 e. The summed E-state index contributed by atoms with van der Waals surface area (Å²) in [4.78, 5) is 24.6. The van der Waals surface area contributed by atoms with Crippen LogP contribution in [-0.4, -0.2) is 10.5 Å². The average molecular weight is 375 g/mol. The van der Waals surface area contributed by atoms with Crippen molar-refractivity contribution in [3.05, 3.63) is 74.7 Å². The highest BCUT2D eigenvalue weighted by Gasteiger charge is 2.12. The molecule has 1 heterocycles. The fraction of sp³-hybridized carbons (Fsp3) is 0.0588. The molecule has 6 heteroatoms. The number of anilines is 1.